The lowest BCUT2D eigenvalue weighted by Gasteiger charge is -2.04. The van der Waals surface area contributed by atoms with Gasteiger partial charge in [0.1, 0.15) is 22.7 Å². The van der Waals surface area contributed by atoms with Crippen molar-refractivity contribution in [3.8, 4) is 0 Å². The molecule has 4 nitrogen and oxygen atoms in total. The maximum Gasteiger partial charge on any atom is 0.174 e. The molecule has 0 N–H and O–H groups in total. The molecule has 0 fully saturated rings. The van der Waals surface area contributed by atoms with Crippen LogP contribution >= 0.6 is 11.8 Å². The molecule has 2 aromatic heterocycles. The number of hydrogen-bond donors (Lipinski definition) is 0. The highest BCUT2D eigenvalue weighted by Gasteiger charge is 2.10. The van der Waals surface area contributed by atoms with Crippen LogP contribution in [0.25, 0.3) is 10.9 Å². The molecular formula is C12H9FN4S. The zero-order chi connectivity index (χ0) is 12.5. The first-order valence-corrected chi connectivity index (χ1v) is 6.12. The van der Waals surface area contributed by atoms with Gasteiger partial charge in [0, 0.05) is 24.8 Å². The van der Waals surface area contributed by atoms with Gasteiger partial charge in [0.15, 0.2) is 5.16 Å². The molecular weight excluding hydrogens is 251 g/mol. The van der Waals surface area contributed by atoms with Crippen molar-refractivity contribution in [3.63, 3.8) is 0 Å². The van der Waals surface area contributed by atoms with E-state index in [0.29, 0.717) is 15.9 Å². The predicted molar refractivity (Wildman–Crippen MR) is 66.8 cm³/mol. The number of aromatic nitrogens is 4. The normalized spacial score (nSPS) is 11.0. The van der Waals surface area contributed by atoms with Crippen molar-refractivity contribution in [1.82, 2.24) is 19.5 Å². The second-order valence-electron chi connectivity index (χ2n) is 3.74. The van der Waals surface area contributed by atoms with Gasteiger partial charge >= 0.3 is 0 Å². The Morgan fingerprint density at radius 3 is 2.89 bits per heavy atom. The van der Waals surface area contributed by atoms with Gasteiger partial charge in [0.25, 0.3) is 0 Å². The molecule has 0 saturated carbocycles. The number of nitrogens with zero attached hydrogens (tertiary/aromatic N) is 4. The van der Waals surface area contributed by atoms with Gasteiger partial charge in [-0.3, -0.25) is 0 Å². The van der Waals surface area contributed by atoms with Gasteiger partial charge in [-0.2, -0.15) is 0 Å². The van der Waals surface area contributed by atoms with Crippen molar-refractivity contribution in [3.05, 3.63) is 42.7 Å². The van der Waals surface area contributed by atoms with Crippen LogP contribution < -0.4 is 0 Å². The quantitative estimate of drug-likeness (QED) is 0.664. The summed E-state index contributed by atoms with van der Waals surface area (Å²) in [6.07, 6.45) is 4.94. The fourth-order valence-electron chi connectivity index (χ4n) is 1.65. The van der Waals surface area contributed by atoms with Gasteiger partial charge < -0.3 is 4.57 Å². The van der Waals surface area contributed by atoms with E-state index < -0.39 is 0 Å². The van der Waals surface area contributed by atoms with Crippen LogP contribution in [0, 0.1) is 5.82 Å². The summed E-state index contributed by atoms with van der Waals surface area (Å²) in [5, 5.41) is 2.21. The van der Waals surface area contributed by atoms with E-state index in [1.54, 1.807) is 12.3 Å². The predicted octanol–water partition coefficient (Wildman–Crippen LogP) is 2.65. The summed E-state index contributed by atoms with van der Waals surface area (Å²) in [6.45, 7) is 0. The third-order valence-corrected chi connectivity index (χ3v) is 3.64. The SMILES string of the molecule is Cn1ccnc1Sc1ncnc2c(F)cccc12. The fraction of sp³-hybridized carbons (Fsp3) is 0.0833. The van der Waals surface area contributed by atoms with Crippen molar-refractivity contribution in [2.24, 2.45) is 7.05 Å². The van der Waals surface area contributed by atoms with E-state index in [4.69, 9.17) is 0 Å². The van der Waals surface area contributed by atoms with Crippen LogP contribution in [0.1, 0.15) is 0 Å². The molecule has 0 bridgehead atoms. The van der Waals surface area contributed by atoms with E-state index in [2.05, 4.69) is 15.0 Å². The van der Waals surface area contributed by atoms with Gasteiger partial charge in [0.05, 0.1) is 0 Å². The van der Waals surface area contributed by atoms with Crippen molar-refractivity contribution >= 4 is 22.7 Å². The summed E-state index contributed by atoms with van der Waals surface area (Å²) in [5.74, 6) is -0.336. The topological polar surface area (TPSA) is 43.6 Å². The van der Waals surface area contributed by atoms with Crippen LogP contribution in [-0.4, -0.2) is 19.5 Å². The number of hydrogen-bond acceptors (Lipinski definition) is 4. The van der Waals surface area contributed by atoms with Crippen LogP contribution in [-0.2, 0) is 7.05 Å². The first kappa shape index (κ1) is 11.2. The summed E-state index contributed by atoms with van der Waals surface area (Å²) in [6, 6.07) is 4.86. The third-order valence-electron chi connectivity index (χ3n) is 2.54. The molecule has 0 aliphatic carbocycles. The lowest BCUT2D eigenvalue weighted by molar-refractivity contribution is 0.636. The Balaban J connectivity index is 2.13. The number of fused-ring (bicyclic) bond motifs is 1. The van der Waals surface area contributed by atoms with Gasteiger partial charge in [-0.25, -0.2) is 19.3 Å². The molecule has 0 radical (unpaired) electrons. The van der Waals surface area contributed by atoms with Crippen LogP contribution in [0.5, 0.6) is 0 Å². The Hall–Kier alpha value is -1.95. The molecule has 0 spiro atoms. The lowest BCUT2D eigenvalue weighted by atomic mass is 10.2. The molecule has 0 atom stereocenters. The average Bonchev–Trinajstić information content (AvgIpc) is 2.77. The van der Waals surface area contributed by atoms with Gasteiger partial charge in [-0.1, -0.05) is 6.07 Å². The molecule has 6 heteroatoms. The maximum atomic E-state index is 13.6. The monoisotopic (exact) mass is 260 g/mol. The van der Waals surface area contributed by atoms with Crippen molar-refractivity contribution < 1.29 is 4.39 Å². The van der Waals surface area contributed by atoms with Crippen LogP contribution in [0.2, 0.25) is 0 Å². The lowest BCUT2D eigenvalue weighted by Crippen LogP contribution is -1.93. The molecule has 0 amide bonds. The molecule has 1 aromatic carbocycles. The standard InChI is InChI=1S/C12H9FN4S/c1-17-6-5-14-12(17)18-11-8-3-2-4-9(13)10(8)15-7-16-11/h2-7H,1H3. The van der Waals surface area contributed by atoms with Crippen LogP contribution in [0.3, 0.4) is 0 Å². The minimum atomic E-state index is -0.336. The molecule has 90 valence electrons. The molecule has 0 aliphatic rings. The van der Waals surface area contributed by atoms with E-state index in [9.17, 15) is 4.39 Å². The maximum absolute atomic E-state index is 13.6. The van der Waals surface area contributed by atoms with Gasteiger partial charge in [-0.15, -0.1) is 0 Å². The first-order chi connectivity index (χ1) is 8.75. The largest absolute Gasteiger partial charge is 0.329 e. The molecule has 0 aliphatic heterocycles. The second-order valence-corrected chi connectivity index (χ2v) is 4.69. The summed E-state index contributed by atoms with van der Waals surface area (Å²) < 4.78 is 15.5. The average molecular weight is 260 g/mol. The molecule has 3 rings (SSSR count). The number of imidazole rings is 1. The first-order valence-electron chi connectivity index (χ1n) is 5.30. The minimum Gasteiger partial charge on any atom is -0.329 e. The third kappa shape index (κ3) is 1.84. The summed E-state index contributed by atoms with van der Waals surface area (Å²) in [5.41, 5.74) is 0.337. The molecule has 3 aromatic rings. The second kappa shape index (κ2) is 4.38. The Morgan fingerprint density at radius 2 is 2.11 bits per heavy atom. The number of rotatable bonds is 2. The van der Waals surface area contributed by atoms with E-state index >= 15 is 0 Å². The van der Waals surface area contributed by atoms with Gasteiger partial charge in [0.2, 0.25) is 0 Å². The Bertz CT molecular complexity index is 710. The minimum absolute atomic E-state index is 0.336. The van der Waals surface area contributed by atoms with Crippen molar-refractivity contribution in [1.29, 1.82) is 0 Å². The smallest absolute Gasteiger partial charge is 0.174 e. The fourth-order valence-corrected chi connectivity index (χ4v) is 2.51. The van der Waals surface area contributed by atoms with Gasteiger partial charge in [-0.05, 0) is 23.9 Å². The van der Waals surface area contributed by atoms with E-state index in [-0.39, 0.29) is 5.82 Å². The van der Waals surface area contributed by atoms with Crippen LogP contribution in [0.15, 0.2) is 47.1 Å². The zero-order valence-corrected chi connectivity index (χ0v) is 10.4. The van der Waals surface area contributed by atoms with E-state index in [0.717, 1.165) is 5.16 Å². The Morgan fingerprint density at radius 1 is 1.22 bits per heavy atom. The molecule has 0 unspecified atom stereocenters. The Kier molecular flexibility index (Phi) is 2.71. The van der Waals surface area contributed by atoms with Crippen molar-refractivity contribution in [2.45, 2.75) is 10.2 Å². The zero-order valence-electron chi connectivity index (χ0n) is 9.54. The number of halogens is 1. The Labute approximate surface area is 107 Å². The summed E-state index contributed by atoms with van der Waals surface area (Å²) >= 11 is 1.39. The van der Waals surface area contributed by atoms with E-state index in [1.807, 2.05) is 23.9 Å². The highest BCUT2D eigenvalue weighted by Crippen LogP contribution is 2.30. The highest BCUT2D eigenvalue weighted by atomic mass is 32.2. The summed E-state index contributed by atoms with van der Waals surface area (Å²) in [4.78, 5) is 12.4. The number of para-hydroxylation sites is 1. The highest BCUT2D eigenvalue weighted by molar-refractivity contribution is 7.99. The molecule has 2 heterocycles. The summed E-state index contributed by atoms with van der Waals surface area (Å²) in [7, 11) is 1.90. The molecule has 18 heavy (non-hydrogen) atoms. The van der Waals surface area contributed by atoms with Crippen LogP contribution in [0.4, 0.5) is 4.39 Å². The van der Waals surface area contributed by atoms with Crippen molar-refractivity contribution in [2.75, 3.05) is 0 Å². The number of aryl methyl sites for hydroxylation is 1. The van der Waals surface area contributed by atoms with E-state index in [1.165, 1.54) is 24.2 Å². The number of benzene rings is 1. The molecule has 0 saturated heterocycles.